The van der Waals surface area contributed by atoms with E-state index < -0.39 is 0 Å². The molecule has 2 aliphatic rings. The maximum absolute atomic E-state index is 13.2. The number of rotatable bonds is 8. The second kappa shape index (κ2) is 11.4. The molecule has 3 aromatic rings. The van der Waals surface area contributed by atoms with Crippen LogP contribution in [-0.2, 0) is 17.6 Å². The third-order valence-electron chi connectivity index (χ3n) is 6.56. The fraction of sp³-hybridized carbons (Fsp3) is 0.379. The van der Waals surface area contributed by atoms with Crippen LogP contribution in [0.1, 0.15) is 64.9 Å². The number of benzene rings is 2. The SMILES string of the molecule is CC(=O)NC1CCc2nc(NC(=O)c3cc(Oc4ccc(C(=O)N5CCC5)cc4)cc(OC(C)C)c3)sc2C1. The quantitative estimate of drug-likeness (QED) is 0.418. The van der Waals surface area contributed by atoms with Crippen LogP contribution in [0.5, 0.6) is 17.2 Å². The Morgan fingerprint density at radius 3 is 2.44 bits per heavy atom. The van der Waals surface area contributed by atoms with Crippen LogP contribution in [0.2, 0.25) is 0 Å². The van der Waals surface area contributed by atoms with Crippen molar-refractivity contribution in [1.82, 2.24) is 15.2 Å². The number of ether oxygens (including phenoxy) is 2. The minimum Gasteiger partial charge on any atom is -0.491 e. The minimum atomic E-state index is -0.325. The molecule has 1 atom stereocenters. The number of hydrogen-bond donors (Lipinski definition) is 2. The predicted octanol–water partition coefficient (Wildman–Crippen LogP) is 4.81. The first-order valence-electron chi connectivity index (χ1n) is 13.2. The number of anilines is 1. The van der Waals surface area contributed by atoms with Crippen LogP contribution in [0, 0.1) is 0 Å². The molecule has 204 valence electrons. The highest BCUT2D eigenvalue weighted by Gasteiger charge is 2.24. The Labute approximate surface area is 231 Å². The third kappa shape index (κ3) is 6.57. The summed E-state index contributed by atoms with van der Waals surface area (Å²) in [7, 11) is 0. The predicted molar refractivity (Wildman–Crippen MR) is 149 cm³/mol. The van der Waals surface area contributed by atoms with E-state index in [0.29, 0.717) is 39.9 Å². The number of amides is 3. The van der Waals surface area contributed by atoms with Crippen LogP contribution >= 0.6 is 11.3 Å². The van der Waals surface area contributed by atoms with Gasteiger partial charge in [-0.1, -0.05) is 0 Å². The summed E-state index contributed by atoms with van der Waals surface area (Å²) in [5.41, 5.74) is 1.96. The first-order valence-corrected chi connectivity index (χ1v) is 14.0. The van der Waals surface area contributed by atoms with Crippen molar-refractivity contribution in [3.05, 3.63) is 64.2 Å². The Balaban J connectivity index is 1.31. The van der Waals surface area contributed by atoms with Gasteiger partial charge in [0.05, 0.1) is 11.8 Å². The van der Waals surface area contributed by atoms with Crippen molar-refractivity contribution < 1.29 is 23.9 Å². The zero-order valence-corrected chi connectivity index (χ0v) is 23.1. The van der Waals surface area contributed by atoms with Gasteiger partial charge in [0.1, 0.15) is 17.2 Å². The maximum atomic E-state index is 13.2. The third-order valence-corrected chi connectivity index (χ3v) is 7.60. The number of hydrogen-bond acceptors (Lipinski definition) is 7. The number of aromatic nitrogens is 1. The average molecular weight is 549 g/mol. The molecular formula is C29H32N4O5S. The molecule has 3 amide bonds. The summed E-state index contributed by atoms with van der Waals surface area (Å²) in [6.45, 7) is 6.94. The van der Waals surface area contributed by atoms with Crippen molar-refractivity contribution in [2.75, 3.05) is 18.4 Å². The second-order valence-corrected chi connectivity index (χ2v) is 11.2. The topological polar surface area (TPSA) is 110 Å². The van der Waals surface area contributed by atoms with Gasteiger partial charge in [-0.25, -0.2) is 4.98 Å². The number of nitrogens with zero attached hydrogens (tertiary/aromatic N) is 2. The van der Waals surface area contributed by atoms with Crippen molar-refractivity contribution >= 4 is 34.2 Å². The molecule has 10 heteroatoms. The van der Waals surface area contributed by atoms with E-state index in [9.17, 15) is 14.4 Å². The Kier molecular flexibility index (Phi) is 7.83. The zero-order valence-electron chi connectivity index (χ0n) is 22.3. The summed E-state index contributed by atoms with van der Waals surface area (Å²) in [6.07, 6.45) is 3.24. The Hall–Kier alpha value is -3.92. The zero-order chi connectivity index (χ0) is 27.5. The second-order valence-electron chi connectivity index (χ2n) is 10.1. The number of likely N-dealkylation sites (tertiary alicyclic amines) is 1. The lowest BCUT2D eigenvalue weighted by atomic mass is 9.98. The number of aryl methyl sites for hydroxylation is 1. The molecule has 1 aliphatic heterocycles. The monoisotopic (exact) mass is 548 g/mol. The average Bonchev–Trinajstić information content (AvgIpc) is 3.24. The standard InChI is InChI=1S/C29H32N4O5S/c1-17(2)37-23-13-20(27(35)32-29-31-25-10-7-21(30-18(3)34)15-26(25)39-29)14-24(16-23)38-22-8-5-19(6-9-22)28(36)33-11-4-12-33/h5-6,8-9,13-14,16-17,21H,4,7,10-12,15H2,1-3H3,(H,30,34)(H,31,32,35). The first kappa shape index (κ1) is 26.7. The van der Waals surface area contributed by atoms with Crippen LogP contribution in [0.4, 0.5) is 5.13 Å². The van der Waals surface area contributed by atoms with Gasteiger partial charge < -0.3 is 19.7 Å². The van der Waals surface area contributed by atoms with E-state index in [4.69, 9.17) is 9.47 Å². The van der Waals surface area contributed by atoms with Crippen molar-refractivity contribution in [2.24, 2.45) is 0 Å². The number of carbonyl (C=O) groups is 3. The van der Waals surface area contributed by atoms with Gasteiger partial charge in [0.15, 0.2) is 5.13 Å². The summed E-state index contributed by atoms with van der Waals surface area (Å²) >= 11 is 1.43. The summed E-state index contributed by atoms with van der Waals surface area (Å²) in [4.78, 5) is 44.6. The summed E-state index contributed by atoms with van der Waals surface area (Å²) < 4.78 is 11.9. The normalized spacial score (nSPS) is 16.2. The van der Waals surface area contributed by atoms with Crippen molar-refractivity contribution in [3.63, 3.8) is 0 Å². The molecule has 2 aromatic carbocycles. The van der Waals surface area contributed by atoms with E-state index in [-0.39, 0.29) is 29.9 Å². The van der Waals surface area contributed by atoms with Gasteiger partial charge in [-0.15, -0.1) is 11.3 Å². The van der Waals surface area contributed by atoms with E-state index in [1.54, 1.807) is 42.5 Å². The first-order chi connectivity index (χ1) is 18.7. The lowest BCUT2D eigenvalue weighted by Crippen LogP contribution is -2.41. The smallest absolute Gasteiger partial charge is 0.257 e. The van der Waals surface area contributed by atoms with E-state index in [2.05, 4.69) is 15.6 Å². The Morgan fingerprint density at radius 2 is 1.77 bits per heavy atom. The van der Waals surface area contributed by atoms with Gasteiger partial charge in [0.2, 0.25) is 5.91 Å². The molecule has 1 aromatic heterocycles. The molecule has 0 spiro atoms. The van der Waals surface area contributed by atoms with Gasteiger partial charge in [0, 0.05) is 54.5 Å². The molecule has 1 unspecified atom stereocenters. The molecule has 0 saturated carbocycles. The molecule has 2 N–H and O–H groups in total. The fourth-order valence-corrected chi connectivity index (χ4v) is 5.70. The van der Waals surface area contributed by atoms with Gasteiger partial charge in [-0.05, 0) is 69.5 Å². The fourth-order valence-electron chi connectivity index (χ4n) is 4.61. The highest BCUT2D eigenvalue weighted by Crippen LogP contribution is 2.32. The van der Waals surface area contributed by atoms with Crippen molar-refractivity contribution in [2.45, 2.75) is 58.6 Å². The highest BCUT2D eigenvalue weighted by molar-refractivity contribution is 7.15. The van der Waals surface area contributed by atoms with Crippen LogP contribution in [0.25, 0.3) is 0 Å². The Morgan fingerprint density at radius 1 is 1.03 bits per heavy atom. The molecule has 0 radical (unpaired) electrons. The lowest BCUT2D eigenvalue weighted by molar-refractivity contribution is -0.119. The summed E-state index contributed by atoms with van der Waals surface area (Å²) in [6, 6.07) is 12.2. The van der Waals surface area contributed by atoms with Crippen LogP contribution in [-0.4, -0.2) is 52.8 Å². The lowest BCUT2D eigenvalue weighted by Gasteiger charge is -2.30. The molecule has 0 bridgehead atoms. The number of thiazole rings is 1. The van der Waals surface area contributed by atoms with Crippen LogP contribution in [0.15, 0.2) is 42.5 Å². The van der Waals surface area contributed by atoms with Crippen LogP contribution < -0.4 is 20.1 Å². The molecule has 39 heavy (non-hydrogen) atoms. The summed E-state index contributed by atoms with van der Waals surface area (Å²) in [5.74, 6) is 1.15. The number of fused-ring (bicyclic) bond motifs is 1. The van der Waals surface area contributed by atoms with Crippen LogP contribution in [0.3, 0.4) is 0 Å². The van der Waals surface area contributed by atoms with Gasteiger partial charge in [0.25, 0.3) is 11.8 Å². The number of carbonyl (C=O) groups excluding carboxylic acids is 3. The van der Waals surface area contributed by atoms with Gasteiger partial charge in [-0.3, -0.25) is 19.7 Å². The maximum Gasteiger partial charge on any atom is 0.257 e. The Bertz CT molecular complexity index is 1380. The highest BCUT2D eigenvalue weighted by atomic mass is 32.1. The molecule has 1 fully saturated rings. The largest absolute Gasteiger partial charge is 0.491 e. The van der Waals surface area contributed by atoms with E-state index >= 15 is 0 Å². The van der Waals surface area contributed by atoms with E-state index in [0.717, 1.165) is 42.9 Å². The van der Waals surface area contributed by atoms with Crippen molar-refractivity contribution in [1.29, 1.82) is 0 Å². The molecular weight excluding hydrogens is 516 g/mol. The molecule has 1 saturated heterocycles. The molecule has 9 nitrogen and oxygen atoms in total. The van der Waals surface area contributed by atoms with Gasteiger partial charge >= 0.3 is 0 Å². The molecule has 1 aliphatic carbocycles. The molecule has 2 heterocycles. The minimum absolute atomic E-state index is 0.0218. The molecule has 5 rings (SSSR count). The summed E-state index contributed by atoms with van der Waals surface area (Å²) in [5, 5.41) is 6.40. The van der Waals surface area contributed by atoms with E-state index in [1.807, 2.05) is 18.7 Å². The van der Waals surface area contributed by atoms with Crippen molar-refractivity contribution in [3.8, 4) is 17.2 Å². The van der Waals surface area contributed by atoms with Gasteiger partial charge in [-0.2, -0.15) is 0 Å². The number of nitrogens with one attached hydrogen (secondary N) is 2. The van der Waals surface area contributed by atoms with E-state index in [1.165, 1.54) is 18.3 Å².